The Morgan fingerprint density at radius 3 is 2.25 bits per heavy atom. The lowest BCUT2D eigenvalue weighted by Gasteiger charge is -2.30. The third-order valence-electron chi connectivity index (χ3n) is 3.70. The van der Waals surface area contributed by atoms with E-state index in [9.17, 15) is 13.2 Å². The molecule has 1 aliphatic carbocycles. The van der Waals surface area contributed by atoms with Crippen molar-refractivity contribution in [3.05, 3.63) is 30.3 Å². The summed E-state index contributed by atoms with van der Waals surface area (Å²) < 4.78 is 24.0. The van der Waals surface area contributed by atoms with E-state index in [0.717, 1.165) is 29.1 Å². The number of benzene rings is 1. The van der Waals surface area contributed by atoms with E-state index in [1.165, 1.54) is 7.05 Å². The fourth-order valence-electron chi connectivity index (χ4n) is 2.12. The second-order valence-corrected chi connectivity index (χ2v) is 7.67. The van der Waals surface area contributed by atoms with Crippen LogP contribution in [0.2, 0.25) is 0 Å². The van der Waals surface area contributed by atoms with Gasteiger partial charge in [-0.2, -0.15) is 4.31 Å². The van der Waals surface area contributed by atoms with Crippen molar-refractivity contribution in [2.75, 3.05) is 24.7 Å². The molecule has 0 saturated heterocycles. The van der Waals surface area contributed by atoms with Crippen molar-refractivity contribution in [3.63, 3.8) is 0 Å². The minimum absolute atomic E-state index is 0.136. The highest BCUT2D eigenvalue weighted by atomic mass is 32.2. The van der Waals surface area contributed by atoms with Crippen molar-refractivity contribution in [1.29, 1.82) is 0 Å². The van der Waals surface area contributed by atoms with Gasteiger partial charge in [0, 0.05) is 18.3 Å². The molecular formula is C14H20N2O3S. The summed E-state index contributed by atoms with van der Waals surface area (Å²) in [5.74, 6) is -0.191. The second kappa shape index (κ2) is 5.18. The molecule has 0 bridgehead atoms. The van der Waals surface area contributed by atoms with Gasteiger partial charge in [0.05, 0.1) is 12.8 Å². The van der Waals surface area contributed by atoms with Crippen molar-refractivity contribution in [3.8, 4) is 0 Å². The quantitative estimate of drug-likeness (QED) is 0.826. The van der Waals surface area contributed by atoms with Gasteiger partial charge in [-0.3, -0.25) is 4.79 Å². The zero-order valence-corrected chi connectivity index (χ0v) is 12.9. The number of sulfonamides is 1. The van der Waals surface area contributed by atoms with Crippen LogP contribution in [0.5, 0.6) is 0 Å². The Bertz CT molecular complexity index is 594. The first-order chi connectivity index (χ1) is 9.24. The first kappa shape index (κ1) is 15.0. The lowest BCUT2D eigenvalue weighted by atomic mass is 10.2. The van der Waals surface area contributed by atoms with Gasteiger partial charge >= 0.3 is 0 Å². The van der Waals surface area contributed by atoms with Gasteiger partial charge in [0.15, 0.2) is 0 Å². The number of hydrogen-bond acceptors (Lipinski definition) is 3. The molecule has 1 saturated carbocycles. The van der Waals surface area contributed by atoms with Crippen LogP contribution in [0.1, 0.15) is 19.8 Å². The largest absolute Gasteiger partial charge is 0.305 e. The summed E-state index contributed by atoms with van der Waals surface area (Å²) >= 11 is 0. The molecule has 0 atom stereocenters. The average Bonchev–Trinajstić information content (AvgIpc) is 3.08. The Labute approximate surface area is 120 Å². The maximum atomic E-state index is 12.5. The van der Waals surface area contributed by atoms with E-state index in [1.54, 1.807) is 4.90 Å². The van der Waals surface area contributed by atoms with Crippen molar-refractivity contribution in [2.45, 2.75) is 25.3 Å². The Morgan fingerprint density at radius 1 is 1.25 bits per heavy atom. The summed E-state index contributed by atoms with van der Waals surface area (Å²) in [6.45, 7) is 1.89. The minimum atomic E-state index is -3.35. The minimum Gasteiger partial charge on any atom is -0.305 e. The molecule has 1 fully saturated rings. The molecule has 0 N–H and O–H groups in total. The van der Waals surface area contributed by atoms with Crippen LogP contribution in [0.15, 0.2) is 30.3 Å². The van der Waals surface area contributed by atoms with Crippen molar-refractivity contribution in [1.82, 2.24) is 4.31 Å². The number of carbonyl (C=O) groups is 1. The third kappa shape index (κ3) is 3.19. The molecule has 0 spiro atoms. The van der Waals surface area contributed by atoms with Crippen molar-refractivity contribution >= 4 is 21.6 Å². The number of anilines is 1. The number of rotatable bonds is 5. The number of likely N-dealkylation sites (N-methyl/N-ethyl adjacent to an activating group) is 1. The van der Waals surface area contributed by atoms with Gasteiger partial charge in [-0.1, -0.05) is 18.2 Å². The van der Waals surface area contributed by atoms with Crippen LogP contribution in [-0.2, 0) is 14.8 Å². The van der Waals surface area contributed by atoms with E-state index in [1.807, 2.05) is 37.3 Å². The predicted octanol–water partition coefficient (Wildman–Crippen LogP) is 1.46. The summed E-state index contributed by atoms with van der Waals surface area (Å²) in [5.41, 5.74) is 0.635. The van der Waals surface area contributed by atoms with Crippen LogP contribution in [0, 0.1) is 0 Å². The molecule has 6 heteroatoms. The third-order valence-corrected chi connectivity index (χ3v) is 4.96. The number of hydrogen-bond donors (Lipinski definition) is 0. The van der Waals surface area contributed by atoms with E-state index in [0.29, 0.717) is 0 Å². The van der Waals surface area contributed by atoms with Gasteiger partial charge in [-0.25, -0.2) is 8.42 Å². The number of carbonyl (C=O) groups excluding carboxylic acids is 1. The van der Waals surface area contributed by atoms with Gasteiger partial charge in [0.2, 0.25) is 15.9 Å². The first-order valence-electron chi connectivity index (χ1n) is 6.53. The second-order valence-electron chi connectivity index (χ2n) is 5.58. The molecule has 20 heavy (non-hydrogen) atoms. The Balaban J connectivity index is 2.23. The zero-order chi connectivity index (χ0) is 15.0. The molecule has 1 amide bonds. The van der Waals surface area contributed by atoms with Gasteiger partial charge in [-0.05, 0) is 31.9 Å². The summed E-state index contributed by atoms with van der Waals surface area (Å²) in [6.07, 6.45) is 2.98. The normalized spacial score (nSPS) is 17.0. The van der Waals surface area contributed by atoms with Gasteiger partial charge in [-0.15, -0.1) is 0 Å². The fraction of sp³-hybridized carbons (Fsp3) is 0.500. The first-order valence-corrected chi connectivity index (χ1v) is 8.38. The number of nitrogens with zero attached hydrogens (tertiary/aromatic N) is 2. The maximum absolute atomic E-state index is 12.5. The van der Waals surface area contributed by atoms with Crippen LogP contribution < -0.4 is 4.90 Å². The SMILES string of the molecule is CN(CC(=O)N(c1ccccc1)C1(C)CC1)S(C)(=O)=O. The number of amides is 1. The summed E-state index contributed by atoms with van der Waals surface area (Å²) in [4.78, 5) is 14.2. The smallest absolute Gasteiger partial charge is 0.242 e. The van der Waals surface area contributed by atoms with E-state index in [-0.39, 0.29) is 18.0 Å². The highest BCUT2D eigenvalue weighted by molar-refractivity contribution is 7.88. The van der Waals surface area contributed by atoms with Crippen LogP contribution in [-0.4, -0.2) is 44.0 Å². The molecule has 110 valence electrons. The highest BCUT2D eigenvalue weighted by Crippen LogP contribution is 2.43. The molecule has 1 aromatic rings. The molecule has 0 aromatic heterocycles. The lowest BCUT2D eigenvalue weighted by Crippen LogP contribution is -2.46. The maximum Gasteiger partial charge on any atom is 0.242 e. The average molecular weight is 296 g/mol. The molecule has 0 heterocycles. The zero-order valence-electron chi connectivity index (χ0n) is 12.0. The van der Waals surface area contributed by atoms with Crippen molar-refractivity contribution < 1.29 is 13.2 Å². The van der Waals surface area contributed by atoms with Gasteiger partial charge in [0.1, 0.15) is 0 Å². The van der Waals surface area contributed by atoms with Gasteiger partial charge in [0.25, 0.3) is 0 Å². The molecule has 0 unspecified atom stereocenters. The Hall–Kier alpha value is -1.40. The lowest BCUT2D eigenvalue weighted by molar-refractivity contribution is -0.119. The Morgan fingerprint density at radius 2 is 1.80 bits per heavy atom. The van der Waals surface area contributed by atoms with Crippen LogP contribution in [0.4, 0.5) is 5.69 Å². The van der Waals surface area contributed by atoms with E-state index in [2.05, 4.69) is 0 Å². The monoisotopic (exact) mass is 296 g/mol. The molecule has 1 aromatic carbocycles. The molecule has 5 nitrogen and oxygen atoms in total. The van der Waals surface area contributed by atoms with E-state index < -0.39 is 10.0 Å². The molecule has 0 radical (unpaired) electrons. The van der Waals surface area contributed by atoms with E-state index in [4.69, 9.17) is 0 Å². The Kier molecular flexibility index (Phi) is 3.88. The predicted molar refractivity (Wildman–Crippen MR) is 79.0 cm³/mol. The topological polar surface area (TPSA) is 57.7 Å². The van der Waals surface area contributed by atoms with Crippen LogP contribution in [0.3, 0.4) is 0 Å². The molecule has 0 aliphatic heterocycles. The molecule has 1 aliphatic rings. The van der Waals surface area contributed by atoms with Crippen LogP contribution in [0.25, 0.3) is 0 Å². The summed E-state index contributed by atoms with van der Waals surface area (Å²) in [5, 5.41) is 0. The standard InChI is InChI=1S/C14H20N2O3S/c1-14(9-10-14)16(12-7-5-4-6-8-12)13(17)11-15(2)20(3,18)19/h4-8H,9-11H2,1-3H3. The highest BCUT2D eigenvalue weighted by Gasteiger charge is 2.46. The molecule has 2 rings (SSSR count). The van der Waals surface area contributed by atoms with Crippen LogP contribution >= 0.6 is 0 Å². The molecular weight excluding hydrogens is 276 g/mol. The number of para-hydroxylation sites is 1. The van der Waals surface area contributed by atoms with Crippen molar-refractivity contribution in [2.24, 2.45) is 0 Å². The van der Waals surface area contributed by atoms with Gasteiger partial charge < -0.3 is 4.90 Å². The summed E-state index contributed by atoms with van der Waals surface area (Å²) in [6, 6.07) is 9.40. The summed E-state index contributed by atoms with van der Waals surface area (Å²) in [7, 11) is -1.93. The fourth-order valence-corrected chi connectivity index (χ4v) is 2.46. The van der Waals surface area contributed by atoms with E-state index >= 15 is 0 Å².